The smallest absolute Gasteiger partial charge is 0.270 e. The van der Waals surface area contributed by atoms with Crippen LogP contribution in [0.4, 0.5) is 5.69 Å². The summed E-state index contributed by atoms with van der Waals surface area (Å²) in [6.45, 7) is 0. The maximum atomic E-state index is 13.0. The van der Waals surface area contributed by atoms with Gasteiger partial charge in [0.2, 0.25) is 9.84 Å². The highest BCUT2D eigenvalue weighted by Gasteiger charge is 2.34. The lowest BCUT2D eigenvalue weighted by Gasteiger charge is -2.28. The number of carbonyl (C=O) groups excluding carboxylic acids is 2. The number of thiocarbonyl (C=S) groups is 1. The van der Waals surface area contributed by atoms with Crippen LogP contribution in [0.25, 0.3) is 6.08 Å². The quantitative estimate of drug-likeness (QED) is 0.309. The second kappa shape index (κ2) is 9.07. The number of amides is 2. The number of rotatable bonds is 4. The van der Waals surface area contributed by atoms with Crippen LogP contribution in [0.2, 0.25) is 10.0 Å². The summed E-state index contributed by atoms with van der Waals surface area (Å²) in [5.41, 5.74) is 0.768. The van der Waals surface area contributed by atoms with E-state index in [-0.39, 0.29) is 20.5 Å². The molecule has 0 unspecified atom stereocenters. The molecule has 166 valence electrons. The average Bonchev–Trinajstić information content (AvgIpc) is 2.78. The molecular weight excluding hydrogens is 503 g/mol. The maximum absolute atomic E-state index is 13.0. The van der Waals surface area contributed by atoms with Gasteiger partial charge in [0.05, 0.1) is 15.5 Å². The van der Waals surface area contributed by atoms with Gasteiger partial charge in [-0.1, -0.05) is 35.3 Å². The topological polar surface area (TPSA) is 83.6 Å². The summed E-state index contributed by atoms with van der Waals surface area (Å²) in [5, 5.41) is 3.36. The molecule has 1 aliphatic rings. The van der Waals surface area contributed by atoms with E-state index >= 15 is 0 Å². The van der Waals surface area contributed by atoms with Crippen LogP contribution in [-0.2, 0) is 19.4 Å². The third-order valence-electron chi connectivity index (χ3n) is 4.81. The molecule has 0 spiro atoms. The fourth-order valence-corrected chi connectivity index (χ4v) is 4.94. The minimum absolute atomic E-state index is 0.0473. The van der Waals surface area contributed by atoms with Gasteiger partial charge in [0.25, 0.3) is 11.8 Å². The highest BCUT2D eigenvalue weighted by Crippen LogP contribution is 2.26. The summed E-state index contributed by atoms with van der Waals surface area (Å²) >= 11 is 16.9. The van der Waals surface area contributed by atoms with Gasteiger partial charge in [-0.05, 0) is 84.5 Å². The van der Waals surface area contributed by atoms with Crippen molar-refractivity contribution in [3.63, 3.8) is 0 Å². The standard InChI is InChI=1S/C23H14Cl2N2O4S2/c24-15-3-7-17(8-4-15)27-22(29)20(21(28)26-23(27)32)13-14-1-9-18(10-2-14)33(30,31)19-11-5-16(25)6-12-19/h1-13H,(H,26,28,32). The third-order valence-corrected chi connectivity index (χ3v) is 7.39. The summed E-state index contributed by atoms with van der Waals surface area (Å²) in [6.07, 6.45) is 1.38. The van der Waals surface area contributed by atoms with Crippen LogP contribution in [0, 0.1) is 0 Å². The first-order valence-electron chi connectivity index (χ1n) is 9.44. The Bertz CT molecular complexity index is 1400. The molecular formula is C23H14Cl2N2O4S2. The highest BCUT2D eigenvalue weighted by atomic mass is 35.5. The molecule has 1 N–H and O–H groups in total. The van der Waals surface area contributed by atoms with Gasteiger partial charge in [0, 0.05) is 10.0 Å². The number of nitrogens with one attached hydrogen (secondary N) is 1. The highest BCUT2D eigenvalue weighted by molar-refractivity contribution is 7.91. The molecule has 0 atom stereocenters. The average molecular weight is 517 g/mol. The second-order valence-corrected chi connectivity index (χ2v) is 10.2. The van der Waals surface area contributed by atoms with E-state index in [2.05, 4.69) is 5.32 Å². The molecule has 0 aliphatic carbocycles. The Morgan fingerprint density at radius 2 is 1.27 bits per heavy atom. The van der Waals surface area contributed by atoms with Crippen molar-refractivity contribution in [2.24, 2.45) is 0 Å². The van der Waals surface area contributed by atoms with Crippen molar-refractivity contribution >= 4 is 73.9 Å². The molecule has 0 bridgehead atoms. The van der Waals surface area contributed by atoms with Gasteiger partial charge in [0.1, 0.15) is 5.57 Å². The predicted octanol–water partition coefficient (Wildman–Crippen LogP) is 4.66. The molecule has 1 saturated heterocycles. The SMILES string of the molecule is O=C1NC(=S)N(c2ccc(Cl)cc2)C(=O)C1=Cc1ccc(S(=O)(=O)c2ccc(Cl)cc2)cc1. The van der Waals surface area contributed by atoms with Crippen LogP contribution in [0.1, 0.15) is 5.56 Å². The fraction of sp³-hybridized carbons (Fsp3) is 0. The Labute approximate surface area is 205 Å². The Morgan fingerprint density at radius 3 is 1.82 bits per heavy atom. The van der Waals surface area contributed by atoms with E-state index in [4.69, 9.17) is 35.4 Å². The maximum Gasteiger partial charge on any atom is 0.270 e. The summed E-state index contributed by atoms with van der Waals surface area (Å²) in [4.78, 5) is 26.9. The fourth-order valence-electron chi connectivity index (χ4n) is 3.14. The van der Waals surface area contributed by atoms with Crippen LogP contribution < -0.4 is 10.2 Å². The van der Waals surface area contributed by atoms with Crippen molar-refractivity contribution in [2.45, 2.75) is 9.79 Å². The summed E-state index contributed by atoms with van der Waals surface area (Å²) in [7, 11) is -3.74. The summed E-state index contributed by atoms with van der Waals surface area (Å²) in [5.74, 6) is -1.25. The summed E-state index contributed by atoms with van der Waals surface area (Å²) in [6, 6.07) is 18.1. The number of hydrogen-bond acceptors (Lipinski definition) is 5. The first kappa shape index (κ1) is 23.1. The van der Waals surface area contributed by atoms with Crippen molar-refractivity contribution in [3.05, 3.63) is 94.0 Å². The van der Waals surface area contributed by atoms with Crippen molar-refractivity contribution in [1.82, 2.24) is 5.32 Å². The molecule has 0 radical (unpaired) electrons. The van der Waals surface area contributed by atoms with Crippen molar-refractivity contribution in [1.29, 1.82) is 0 Å². The van der Waals surface area contributed by atoms with Crippen LogP contribution >= 0.6 is 35.4 Å². The molecule has 0 aromatic heterocycles. The third kappa shape index (κ3) is 4.69. The number of halogens is 2. The molecule has 3 aromatic rings. The molecule has 4 rings (SSSR count). The van der Waals surface area contributed by atoms with E-state index in [1.165, 1.54) is 59.5 Å². The molecule has 3 aromatic carbocycles. The summed E-state index contributed by atoms with van der Waals surface area (Å²) < 4.78 is 25.6. The van der Waals surface area contributed by atoms with Crippen molar-refractivity contribution in [2.75, 3.05) is 4.90 Å². The minimum atomic E-state index is -3.74. The normalized spacial score (nSPS) is 15.6. The van der Waals surface area contributed by atoms with Gasteiger partial charge >= 0.3 is 0 Å². The molecule has 10 heteroatoms. The van der Waals surface area contributed by atoms with Crippen molar-refractivity contribution < 1.29 is 18.0 Å². The minimum Gasteiger partial charge on any atom is -0.298 e. The number of hydrogen-bond donors (Lipinski definition) is 1. The zero-order chi connectivity index (χ0) is 23.8. The monoisotopic (exact) mass is 516 g/mol. The van der Waals surface area contributed by atoms with Crippen LogP contribution in [-0.4, -0.2) is 25.3 Å². The zero-order valence-corrected chi connectivity index (χ0v) is 19.8. The Kier molecular flexibility index (Phi) is 6.36. The lowest BCUT2D eigenvalue weighted by molar-refractivity contribution is -0.122. The largest absolute Gasteiger partial charge is 0.298 e. The molecule has 1 heterocycles. The number of sulfone groups is 1. The number of nitrogens with zero attached hydrogens (tertiary/aromatic N) is 1. The van der Waals surface area contributed by atoms with Crippen LogP contribution in [0.3, 0.4) is 0 Å². The first-order valence-corrected chi connectivity index (χ1v) is 12.1. The lowest BCUT2D eigenvalue weighted by Crippen LogP contribution is -2.54. The van der Waals surface area contributed by atoms with Crippen molar-refractivity contribution in [3.8, 4) is 0 Å². The zero-order valence-electron chi connectivity index (χ0n) is 16.7. The van der Waals surface area contributed by atoms with Gasteiger partial charge in [0.15, 0.2) is 5.11 Å². The Balaban J connectivity index is 1.64. The van der Waals surface area contributed by atoms with Gasteiger partial charge < -0.3 is 0 Å². The van der Waals surface area contributed by atoms with E-state index in [1.54, 1.807) is 24.3 Å². The number of carbonyl (C=O) groups is 2. The van der Waals surface area contributed by atoms with E-state index in [1.807, 2.05) is 0 Å². The number of anilines is 1. The molecule has 0 saturated carbocycles. The lowest BCUT2D eigenvalue weighted by atomic mass is 10.1. The molecule has 1 fully saturated rings. The van der Waals surface area contributed by atoms with E-state index in [0.29, 0.717) is 21.3 Å². The van der Waals surface area contributed by atoms with Gasteiger partial charge in [-0.2, -0.15) is 0 Å². The first-order chi connectivity index (χ1) is 15.7. The van der Waals surface area contributed by atoms with Gasteiger partial charge in [-0.15, -0.1) is 0 Å². The van der Waals surface area contributed by atoms with E-state index < -0.39 is 21.7 Å². The van der Waals surface area contributed by atoms with Gasteiger partial charge in [-0.3, -0.25) is 19.8 Å². The van der Waals surface area contributed by atoms with E-state index in [0.717, 1.165) is 0 Å². The van der Waals surface area contributed by atoms with Crippen LogP contribution in [0.5, 0.6) is 0 Å². The van der Waals surface area contributed by atoms with Gasteiger partial charge in [-0.25, -0.2) is 8.42 Å². The Morgan fingerprint density at radius 1 is 0.788 bits per heavy atom. The molecule has 2 amide bonds. The van der Waals surface area contributed by atoms with E-state index in [9.17, 15) is 18.0 Å². The number of benzene rings is 3. The molecule has 6 nitrogen and oxygen atoms in total. The molecule has 1 aliphatic heterocycles. The predicted molar refractivity (Wildman–Crippen MR) is 131 cm³/mol. The Hall–Kier alpha value is -3.04. The second-order valence-electron chi connectivity index (χ2n) is 6.96. The van der Waals surface area contributed by atoms with Crippen LogP contribution in [0.15, 0.2) is 88.2 Å². The molecule has 33 heavy (non-hydrogen) atoms.